The molecule has 0 fully saturated rings. The van der Waals surface area contributed by atoms with E-state index in [4.69, 9.17) is 0 Å². The number of hydrogen-bond donors (Lipinski definition) is 1. The molecule has 0 radical (unpaired) electrons. The van der Waals surface area contributed by atoms with Gasteiger partial charge in [0.15, 0.2) is 16.1 Å². The minimum atomic E-state index is -0.374. The van der Waals surface area contributed by atoms with Crippen LogP contribution in [0.3, 0.4) is 0 Å². The number of halogens is 2. The van der Waals surface area contributed by atoms with E-state index in [0.717, 1.165) is 0 Å². The van der Waals surface area contributed by atoms with Crippen LogP contribution in [0.1, 0.15) is 13.8 Å². The molecule has 2 heterocycles. The van der Waals surface area contributed by atoms with E-state index in [1.165, 1.54) is 41.3 Å². The number of hydrogen-bond acceptors (Lipinski definition) is 6. The van der Waals surface area contributed by atoms with Gasteiger partial charge in [-0.15, -0.1) is 10.2 Å². The molecule has 2 aromatic carbocycles. The van der Waals surface area contributed by atoms with Crippen molar-refractivity contribution >= 4 is 44.4 Å². The van der Waals surface area contributed by atoms with Crippen LogP contribution in [0.25, 0.3) is 21.6 Å². The van der Waals surface area contributed by atoms with Crippen molar-refractivity contribution in [1.82, 2.24) is 19.7 Å². The average molecular weight is 460 g/mol. The standard InChI is InChI=1S/C21H19F2N5OS2/c1-12(2)10-28-19(14-5-3-4-6-15(14)23)26-27-21(28)30-11-18(29)25-20-24-16-8-7-13(22)9-17(16)31-20/h3-9,12H,10-11H2,1-2H3,(H,24,25,29). The lowest BCUT2D eigenvalue weighted by Crippen LogP contribution is -2.15. The summed E-state index contributed by atoms with van der Waals surface area (Å²) in [6.07, 6.45) is 0. The first kappa shape index (κ1) is 21.4. The van der Waals surface area contributed by atoms with Crippen LogP contribution >= 0.6 is 23.1 Å². The number of amides is 1. The van der Waals surface area contributed by atoms with E-state index in [2.05, 4.69) is 20.5 Å². The molecule has 0 unspecified atom stereocenters. The predicted octanol–water partition coefficient (Wildman–Crippen LogP) is 5.22. The molecule has 0 atom stereocenters. The summed E-state index contributed by atoms with van der Waals surface area (Å²) >= 11 is 2.43. The molecule has 1 N–H and O–H groups in total. The van der Waals surface area contributed by atoms with Crippen molar-refractivity contribution in [2.24, 2.45) is 5.92 Å². The molecule has 1 amide bonds. The van der Waals surface area contributed by atoms with Gasteiger partial charge in [0, 0.05) is 6.54 Å². The lowest BCUT2D eigenvalue weighted by atomic mass is 10.2. The Hall–Kier alpha value is -2.85. The molecule has 6 nitrogen and oxygen atoms in total. The highest BCUT2D eigenvalue weighted by Gasteiger charge is 2.19. The SMILES string of the molecule is CC(C)Cn1c(SCC(=O)Nc2nc3ccc(F)cc3s2)nnc1-c1ccccc1F. The van der Waals surface area contributed by atoms with Gasteiger partial charge in [0.05, 0.1) is 21.5 Å². The largest absolute Gasteiger partial charge is 0.302 e. The molecule has 0 bridgehead atoms. The second kappa shape index (κ2) is 9.11. The lowest BCUT2D eigenvalue weighted by molar-refractivity contribution is -0.113. The summed E-state index contributed by atoms with van der Waals surface area (Å²) in [7, 11) is 0. The van der Waals surface area contributed by atoms with Gasteiger partial charge in [0.1, 0.15) is 11.6 Å². The van der Waals surface area contributed by atoms with Crippen LogP contribution in [0.2, 0.25) is 0 Å². The Morgan fingerprint density at radius 1 is 1.19 bits per heavy atom. The summed E-state index contributed by atoms with van der Waals surface area (Å²) in [6, 6.07) is 10.7. The first-order valence-electron chi connectivity index (χ1n) is 9.57. The van der Waals surface area contributed by atoms with Gasteiger partial charge in [0.2, 0.25) is 5.91 Å². The van der Waals surface area contributed by atoms with Crippen LogP contribution < -0.4 is 5.32 Å². The fraction of sp³-hybridized carbons (Fsp3) is 0.238. The number of thioether (sulfide) groups is 1. The molecule has 31 heavy (non-hydrogen) atoms. The number of thiazole rings is 1. The van der Waals surface area contributed by atoms with Crippen LogP contribution in [0.15, 0.2) is 47.6 Å². The van der Waals surface area contributed by atoms with Crippen molar-refractivity contribution < 1.29 is 13.6 Å². The molecule has 4 aromatic rings. The quantitative estimate of drug-likeness (QED) is 0.384. The van der Waals surface area contributed by atoms with Gasteiger partial charge in [0.25, 0.3) is 0 Å². The van der Waals surface area contributed by atoms with Gasteiger partial charge in [-0.1, -0.05) is 49.1 Å². The maximum absolute atomic E-state index is 14.3. The highest BCUT2D eigenvalue weighted by molar-refractivity contribution is 7.99. The number of rotatable bonds is 7. The van der Waals surface area contributed by atoms with Crippen molar-refractivity contribution in [2.75, 3.05) is 11.1 Å². The van der Waals surface area contributed by atoms with Crippen molar-refractivity contribution in [3.05, 3.63) is 54.1 Å². The summed E-state index contributed by atoms with van der Waals surface area (Å²) in [5.41, 5.74) is 0.995. The number of nitrogens with zero attached hydrogens (tertiary/aromatic N) is 4. The molecule has 10 heteroatoms. The van der Waals surface area contributed by atoms with E-state index < -0.39 is 0 Å². The maximum atomic E-state index is 14.3. The second-order valence-corrected chi connectivity index (χ2v) is 9.23. The van der Waals surface area contributed by atoms with Crippen LogP contribution in [0.5, 0.6) is 0 Å². The number of nitrogens with one attached hydrogen (secondary N) is 1. The number of anilines is 1. The van der Waals surface area contributed by atoms with Gasteiger partial charge in [-0.2, -0.15) is 0 Å². The number of benzene rings is 2. The zero-order valence-electron chi connectivity index (χ0n) is 16.8. The molecular weight excluding hydrogens is 440 g/mol. The third-order valence-corrected chi connectivity index (χ3v) is 6.21. The molecule has 4 rings (SSSR count). The third kappa shape index (κ3) is 4.91. The Bertz CT molecular complexity index is 1240. The van der Waals surface area contributed by atoms with Gasteiger partial charge < -0.3 is 9.88 Å². The molecule has 2 aromatic heterocycles. The van der Waals surface area contributed by atoms with Gasteiger partial charge in [-0.25, -0.2) is 13.8 Å². The van der Waals surface area contributed by atoms with E-state index in [1.54, 1.807) is 24.3 Å². The Kier molecular flexibility index (Phi) is 6.28. The molecule has 0 spiro atoms. The minimum absolute atomic E-state index is 0.0811. The van der Waals surface area contributed by atoms with Crippen molar-refractivity contribution in [3.8, 4) is 11.4 Å². The van der Waals surface area contributed by atoms with Crippen molar-refractivity contribution in [2.45, 2.75) is 25.5 Å². The smallest absolute Gasteiger partial charge is 0.236 e. The summed E-state index contributed by atoms with van der Waals surface area (Å²) in [4.78, 5) is 16.7. The summed E-state index contributed by atoms with van der Waals surface area (Å²) in [5, 5.41) is 12.0. The molecule has 0 saturated heterocycles. The molecule has 0 aliphatic heterocycles. The molecule has 160 valence electrons. The number of carbonyl (C=O) groups excluding carboxylic acids is 1. The minimum Gasteiger partial charge on any atom is -0.302 e. The van der Waals surface area contributed by atoms with Crippen LogP contribution in [0.4, 0.5) is 13.9 Å². The molecule has 0 aliphatic carbocycles. The summed E-state index contributed by atoms with van der Waals surface area (Å²) in [6.45, 7) is 4.68. The fourth-order valence-electron chi connectivity index (χ4n) is 3.00. The first-order chi connectivity index (χ1) is 14.9. The highest BCUT2D eigenvalue weighted by Crippen LogP contribution is 2.28. The van der Waals surface area contributed by atoms with Crippen LogP contribution in [-0.2, 0) is 11.3 Å². The monoisotopic (exact) mass is 459 g/mol. The van der Waals surface area contributed by atoms with Crippen LogP contribution in [-0.4, -0.2) is 31.4 Å². The lowest BCUT2D eigenvalue weighted by Gasteiger charge is -2.12. The topological polar surface area (TPSA) is 72.7 Å². The zero-order valence-corrected chi connectivity index (χ0v) is 18.4. The normalized spacial score (nSPS) is 11.4. The molecular formula is C21H19F2N5OS2. The zero-order chi connectivity index (χ0) is 22.0. The average Bonchev–Trinajstić information content (AvgIpc) is 3.29. The molecule has 0 aliphatic rings. The highest BCUT2D eigenvalue weighted by atomic mass is 32.2. The van der Waals surface area contributed by atoms with E-state index in [0.29, 0.717) is 38.4 Å². The summed E-state index contributed by atoms with van der Waals surface area (Å²) < 4.78 is 30.1. The van der Waals surface area contributed by atoms with E-state index in [1.807, 2.05) is 18.4 Å². The van der Waals surface area contributed by atoms with Crippen LogP contribution in [0, 0.1) is 17.6 Å². The summed E-state index contributed by atoms with van der Waals surface area (Å²) in [5.74, 6) is -0.198. The number of carbonyl (C=O) groups is 1. The Labute approximate surface area is 185 Å². The van der Waals surface area contributed by atoms with E-state index in [-0.39, 0.29) is 29.2 Å². The Balaban J connectivity index is 1.49. The number of aromatic nitrogens is 4. The molecule has 0 saturated carbocycles. The van der Waals surface area contributed by atoms with Gasteiger partial charge >= 0.3 is 0 Å². The van der Waals surface area contributed by atoms with Crippen molar-refractivity contribution in [1.29, 1.82) is 0 Å². The van der Waals surface area contributed by atoms with Gasteiger partial charge in [-0.05, 0) is 36.2 Å². The third-order valence-electron chi connectivity index (χ3n) is 4.31. The predicted molar refractivity (Wildman–Crippen MR) is 119 cm³/mol. The second-order valence-electron chi connectivity index (χ2n) is 7.26. The van der Waals surface area contributed by atoms with Crippen molar-refractivity contribution in [3.63, 3.8) is 0 Å². The Morgan fingerprint density at radius 2 is 2.00 bits per heavy atom. The van der Waals surface area contributed by atoms with E-state index in [9.17, 15) is 13.6 Å². The Morgan fingerprint density at radius 3 is 2.77 bits per heavy atom. The fourth-order valence-corrected chi connectivity index (χ4v) is 4.66. The first-order valence-corrected chi connectivity index (χ1v) is 11.4. The van der Waals surface area contributed by atoms with E-state index >= 15 is 0 Å². The maximum Gasteiger partial charge on any atom is 0.236 e. The number of fused-ring (bicyclic) bond motifs is 1. The van der Waals surface area contributed by atoms with Gasteiger partial charge in [-0.3, -0.25) is 4.79 Å².